The molecule has 1 amide bonds. The molecule has 0 saturated heterocycles. The molecule has 0 radical (unpaired) electrons. The van der Waals surface area contributed by atoms with Crippen molar-refractivity contribution in [3.63, 3.8) is 0 Å². The summed E-state index contributed by atoms with van der Waals surface area (Å²) in [6.07, 6.45) is 1.97. The SMILES string of the molecule is Cc1ccc(-c2nnc(SC(C(=O)NC3CC3)c3ccc(F)cc3)n2N)cc1. The summed E-state index contributed by atoms with van der Waals surface area (Å²) < 4.78 is 14.7. The number of aryl methyl sites for hydroxylation is 1. The molecule has 6 nitrogen and oxygen atoms in total. The third kappa shape index (κ3) is 4.01. The van der Waals surface area contributed by atoms with Crippen LogP contribution in [0.2, 0.25) is 0 Å². The average Bonchev–Trinajstić information content (AvgIpc) is 3.43. The number of nitrogen functional groups attached to an aromatic ring is 1. The van der Waals surface area contributed by atoms with Crippen LogP contribution in [-0.2, 0) is 4.79 Å². The molecule has 3 aromatic rings. The maximum atomic E-state index is 13.3. The van der Waals surface area contributed by atoms with Gasteiger partial charge in [0.1, 0.15) is 11.1 Å². The van der Waals surface area contributed by atoms with E-state index in [-0.39, 0.29) is 17.8 Å². The molecule has 1 aliphatic carbocycles. The molecule has 3 N–H and O–H groups in total. The minimum atomic E-state index is -0.599. The van der Waals surface area contributed by atoms with Crippen molar-refractivity contribution in [3.8, 4) is 11.4 Å². The minimum absolute atomic E-state index is 0.140. The first-order chi connectivity index (χ1) is 13.5. The Morgan fingerprint density at radius 2 is 1.86 bits per heavy atom. The summed E-state index contributed by atoms with van der Waals surface area (Å²) in [6, 6.07) is 13.9. The van der Waals surface area contributed by atoms with E-state index in [2.05, 4.69) is 15.5 Å². The number of carbonyl (C=O) groups is 1. The highest BCUT2D eigenvalue weighted by Gasteiger charge is 2.30. The van der Waals surface area contributed by atoms with Gasteiger partial charge < -0.3 is 11.2 Å². The number of rotatable bonds is 6. The first-order valence-electron chi connectivity index (χ1n) is 9.01. The van der Waals surface area contributed by atoms with E-state index in [0.29, 0.717) is 16.5 Å². The normalized spacial score (nSPS) is 14.6. The fourth-order valence-electron chi connectivity index (χ4n) is 2.78. The Kier molecular flexibility index (Phi) is 5.04. The summed E-state index contributed by atoms with van der Waals surface area (Å²) in [5, 5.41) is 11.2. The quantitative estimate of drug-likeness (QED) is 0.493. The van der Waals surface area contributed by atoms with Gasteiger partial charge in [-0.3, -0.25) is 4.79 Å². The molecule has 8 heteroatoms. The van der Waals surface area contributed by atoms with Gasteiger partial charge in [-0.25, -0.2) is 9.07 Å². The Bertz CT molecular complexity index is 983. The van der Waals surface area contributed by atoms with Gasteiger partial charge in [-0.05, 0) is 37.5 Å². The predicted octanol–water partition coefficient (Wildman–Crippen LogP) is 3.22. The molecule has 1 atom stereocenters. The molecule has 1 heterocycles. The first kappa shape index (κ1) is 18.5. The van der Waals surface area contributed by atoms with Crippen LogP contribution in [0.3, 0.4) is 0 Å². The first-order valence-corrected chi connectivity index (χ1v) is 9.89. The second-order valence-electron chi connectivity index (χ2n) is 6.87. The number of nitrogens with one attached hydrogen (secondary N) is 1. The lowest BCUT2D eigenvalue weighted by atomic mass is 10.1. The van der Waals surface area contributed by atoms with Gasteiger partial charge in [-0.15, -0.1) is 10.2 Å². The summed E-state index contributed by atoms with van der Waals surface area (Å²) in [6.45, 7) is 2.00. The minimum Gasteiger partial charge on any atom is -0.352 e. The van der Waals surface area contributed by atoms with Crippen LogP contribution in [0.15, 0.2) is 53.7 Å². The molecule has 1 fully saturated rings. The fraction of sp³-hybridized carbons (Fsp3) is 0.250. The van der Waals surface area contributed by atoms with Crippen LogP contribution in [-0.4, -0.2) is 26.8 Å². The number of hydrogen-bond donors (Lipinski definition) is 2. The molecule has 1 aliphatic rings. The van der Waals surface area contributed by atoms with Gasteiger partial charge in [-0.2, -0.15) is 0 Å². The lowest BCUT2D eigenvalue weighted by molar-refractivity contribution is -0.120. The molecule has 1 saturated carbocycles. The van der Waals surface area contributed by atoms with Gasteiger partial charge in [-0.1, -0.05) is 53.7 Å². The largest absolute Gasteiger partial charge is 0.352 e. The number of benzene rings is 2. The van der Waals surface area contributed by atoms with Crippen LogP contribution in [0, 0.1) is 12.7 Å². The summed E-state index contributed by atoms with van der Waals surface area (Å²) in [4.78, 5) is 12.8. The van der Waals surface area contributed by atoms with Crippen molar-refractivity contribution >= 4 is 17.7 Å². The Labute approximate surface area is 166 Å². The number of amides is 1. The topological polar surface area (TPSA) is 85.8 Å². The summed E-state index contributed by atoms with van der Waals surface area (Å²) in [7, 11) is 0. The van der Waals surface area contributed by atoms with Crippen molar-refractivity contribution in [2.45, 2.75) is 36.2 Å². The summed E-state index contributed by atoms with van der Waals surface area (Å²) in [5.41, 5.74) is 2.66. The highest BCUT2D eigenvalue weighted by molar-refractivity contribution is 8.00. The van der Waals surface area contributed by atoms with Crippen molar-refractivity contribution in [2.75, 3.05) is 5.84 Å². The molecule has 0 bridgehead atoms. The van der Waals surface area contributed by atoms with Crippen LogP contribution in [0.5, 0.6) is 0 Å². The smallest absolute Gasteiger partial charge is 0.238 e. The van der Waals surface area contributed by atoms with Gasteiger partial charge >= 0.3 is 0 Å². The van der Waals surface area contributed by atoms with Gasteiger partial charge in [0, 0.05) is 11.6 Å². The van der Waals surface area contributed by atoms with Crippen molar-refractivity contribution in [1.82, 2.24) is 20.2 Å². The van der Waals surface area contributed by atoms with Crippen molar-refractivity contribution in [2.24, 2.45) is 0 Å². The average molecular weight is 397 g/mol. The van der Waals surface area contributed by atoms with Crippen LogP contribution >= 0.6 is 11.8 Å². The lowest BCUT2D eigenvalue weighted by Crippen LogP contribution is -2.30. The van der Waals surface area contributed by atoms with Crippen LogP contribution < -0.4 is 11.2 Å². The molecular weight excluding hydrogens is 377 g/mol. The van der Waals surface area contributed by atoms with Gasteiger partial charge in [0.05, 0.1) is 0 Å². The van der Waals surface area contributed by atoms with E-state index >= 15 is 0 Å². The van der Waals surface area contributed by atoms with E-state index in [9.17, 15) is 9.18 Å². The summed E-state index contributed by atoms with van der Waals surface area (Å²) >= 11 is 1.20. The van der Waals surface area contributed by atoms with Crippen LogP contribution in [0.25, 0.3) is 11.4 Å². The van der Waals surface area contributed by atoms with E-state index in [1.54, 1.807) is 12.1 Å². The van der Waals surface area contributed by atoms with E-state index in [1.165, 1.54) is 28.6 Å². The van der Waals surface area contributed by atoms with Gasteiger partial charge in [0.15, 0.2) is 5.82 Å². The van der Waals surface area contributed by atoms with Crippen molar-refractivity contribution < 1.29 is 9.18 Å². The Balaban J connectivity index is 1.62. The van der Waals surface area contributed by atoms with E-state index in [4.69, 9.17) is 5.84 Å². The standard InChI is InChI=1S/C20H20FN5OS/c1-12-2-4-14(5-3-12)18-24-25-20(26(18)22)28-17(19(27)23-16-10-11-16)13-6-8-15(21)9-7-13/h2-9,16-17H,10-11,22H2,1H3,(H,23,27). The third-order valence-corrected chi connectivity index (χ3v) is 5.74. The number of aromatic nitrogens is 3. The maximum Gasteiger partial charge on any atom is 0.238 e. The molecule has 0 spiro atoms. The van der Waals surface area contributed by atoms with Crippen LogP contribution in [0.4, 0.5) is 4.39 Å². The second-order valence-corrected chi connectivity index (χ2v) is 7.95. The van der Waals surface area contributed by atoms with Gasteiger partial charge in [0.25, 0.3) is 0 Å². The zero-order chi connectivity index (χ0) is 19.7. The third-order valence-electron chi connectivity index (χ3n) is 4.53. The molecular formula is C20H20FN5OS. The summed E-state index contributed by atoms with van der Waals surface area (Å²) in [5.74, 6) is 6.25. The zero-order valence-electron chi connectivity index (χ0n) is 15.3. The van der Waals surface area contributed by atoms with E-state index < -0.39 is 5.25 Å². The predicted molar refractivity (Wildman–Crippen MR) is 107 cm³/mol. The molecule has 1 unspecified atom stereocenters. The Morgan fingerprint density at radius 1 is 1.18 bits per heavy atom. The van der Waals surface area contributed by atoms with E-state index in [1.807, 2.05) is 31.2 Å². The number of nitrogens with two attached hydrogens (primary N) is 1. The number of halogens is 1. The molecule has 1 aromatic heterocycles. The van der Waals surface area contributed by atoms with Crippen molar-refractivity contribution in [3.05, 3.63) is 65.5 Å². The molecule has 144 valence electrons. The number of hydrogen-bond acceptors (Lipinski definition) is 5. The van der Waals surface area contributed by atoms with Crippen LogP contribution in [0.1, 0.15) is 29.2 Å². The van der Waals surface area contributed by atoms with E-state index in [0.717, 1.165) is 24.0 Å². The Hall–Kier alpha value is -2.87. The highest BCUT2D eigenvalue weighted by atomic mass is 32.2. The van der Waals surface area contributed by atoms with Gasteiger partial charge in [0.2, 0.25) is 11.1 Å². The number of thioether (sulfide) groups is 1. The monoisotopic (exact) mass is 397 g/mol. The molecule has 0 aliphatic heterocycles. The number of carbonyl (C=O) groups excluding carboxylic acids is 1. The second kappa shape index (κ2) is 7.63. The molecule has 2 aromatic carbocycles. The van der Waals surface area contributed by atoms with Crippen molar-refractivity contribution in [1.29, 1.82) is 0 Å². The Morgan fingerprint density at radius 3 is 2.50 bits per heavy atom. The molecule has 28 heavy (non-hydrogen) atoms. The molecule has 4 rings (SSSR count). The number of nitrogens with zero attached hydrogens (tertiary/aromatic N) is 3. The lowest BCUT2D eigenvalue weighted by Gasteiger charge is -2.16. The fourth-order valence-corrected chi connectivity index (χ4v) is 3.74. The maximum absolute atomic E-state index is 13.3. The zero-order valence-corrected chi connectivity index (χ0v) is 16.1. The highest BCUT2D eigenvalue weighted by Crippen LogP contribution is 2.36.